The summed E-state index contributed by atoms with van der Waals surface area (Å²) in [4.78, 5) is 14.3. The molecule has 1 aromatic rings. The smallest absolute Gasteiger partial charge is 0.151 e. The lowest BCUT2D eigenvalue weighted by Gasteiger charge is -1.92. The minimum Gasteiger partial charge on any atom is -0.298 e. The molecule has 0 aliphatic heterocycles. The van der Waals surface area contributed by atoms with Crippen LogP contribution in [0.3, 0.4) is 0 Å². The molecule has 0 radical (unpaired) electrons. The Labute approximate surface area is 76.4 Å². The van der Waals surface area contributed by atoms with Crippen LogP contribution in [0.5, 0.6) is 0 Å². The fourth-order valence-corrected chi connectivity index (χ4v) is 0.826. The molecule has 0 aliphatic rings. The van der Waals surface area contributed by atoms with Crippen LogP contribution in [-0.4, -0.2) is 17.0 Å². The zero-order valence-corrected chi connectivity index (χ0v) is 7.21. The second kappa shape index (κ2) is 4.58. The summed E-state index contributed by atoms with van der Waals surface area (Å²) in [6.07, 6.45) is 3.90. The molecule has 0 amide bonds. The van der Waals surface area contributed by atoms with Crippen LogP contribution < -0.4 is 0 Å². The molecule has 3 heteroatoms. The summed E-state index contributed by atoms with van der Waals surface area (Å²) in [6.45, 7) is 0. The molecule has 12 heavy (non-hydrogen) atoms. The van der Waals surface area contributed by atoms with Crippen molar-refractivity contribution >= 4 is 18.9 Å². The van der Waals surface area contributed by atoms with Crippen LogP contribution in [-0.2, 0) is 0 Å². The number of pyridine rings is 1. The first-order chi connectivity index (χ1) is 5.88. The minimum atomic E-state index is 0.479. The van der Waals surface area contributed by atoms with Crippen LogP contribution in [0.15, 0.2) is 18.5 Å². The molecule has 0 N–H and O–H groups in total. The van der Waals surface area contributed by atoms with Gasteiger partial charge in [-0.25, -0.2) is 0 Å². The summed E-state index contributed by atoms with van der Waals surface area (Å²) in [7, 11) is 0. The van der Waals surface area contributed by atoms with E-state index in [1.807, 2.05) is 0 Å². The van der Waals surface area contributed by atoms with E-state index in [1.54, 1.807) is 18.5 Å². The topological polar surface area (TPSA) is 30.0 Å². The molecule has 1 aromatic heterocycles. The second-order valence-corrected chi connectivity index (χ2v) is 2.36. The van der Waals surface area contributed by atoms with Gasteiger partial charge in [-0.15, -0.1) is 0 Å². The number of hydrogen-bond donors (Lipinski definition) is 1. The van der Waals surface area contributed by atoms with Crippen LogP contribution in [0.1, 0.15) is 15.9 Å². The molecule has 0 saturated heterocycles. The van der Waals surface area contributed by atoms with Crippen molar-refractivity contribution in [1.82, 2.24) is 4.98 Å². The van der Waals surface area contributed by atoms with Crippen molar-refractivity contribution in [2.24, 2.45) is 0 Å². The van der Waals surface area contributed by atoms with E-state index < -0.39 is 0 Å². The van der Waals surface area contributed by atoms with Crippen molar-refractivity contribution in [3.8, 4) is 11.8 Å². The number of thiol groups is 1. The summed E-state index contributed by atoms with van der Waals surface area (Å²) in [5, 5.41) is 0. The Kier molecular flexibility index (Phi) is 3.36. The maximum absolute atomic E-state index is 10.5. The highest BCUT2D eigenvalue weighted by Gasteiger charge is 1.95. The molecule has 0 aliphatic carbocycles. The Bertz CT molecular complexity index is 338. The summed E-state index contributed by atoms with van der Waals surface area (Å²) >= 11 is 3.93. The predicted molar refractivity (Wildman–Crippen MR) is 50.4 cm³/mol. The predicted octanol–water partition coefficient (Wildman–Crippen LogP) is 1.18. The summed E-state index contributed by atoms with van der Waals surface area (Å²) in [6, 6.07) is 1.63. The highest BCUT2D eigenvalue weighted by molar-refractivity contribution is 7.80. The molecule has 0 aromatic carbocycles. The van der Waals surface area contributed by atoms with E-state index in [2.05, 4.69) is 29.5 Å². The first-order valence-electron chi connectivity index (χ1n) is 3.37. The molecule has 60 valence electrons. The maximum atomic E-state index is 10.5. The fraction of sp³-hybridized carbons (Fsp3) is 0.111. The lowest BCUT2D eigenvalue weighted by Crippen LogP contribution is -1.87. The Morgan fingerprint density at radius 3 is 3.17 bits per heavy atom. The van der Waals surface area contributed by atoms with E-state index in [-0.39, 0.29) is 0 Å². The number of rotatable bonds is 1. The van der Waals surface area contributed by atoms with Gasteiger partial charge in [0.2, 0.25) is 0 Å². The van der Waals surface area contributed by atoms with E-state index >= 15 is 0 Å². The quantitative estimate of drug-likeness (QED) is 0.396. The second-order valence-electron chi connectivity index (χ2n) is 2.04. The third-order valence-corrected chi connectivity index (χ3v) is 1.44. The van der Waals surface area contributed by atoms with Gasteiger partial charge in [0.15, 0.2) is 6.29 Å². The third kappa shape index (κ3) is 2.11. The molecular formula is C9H7NOS. The zero-order chi connectivity index (χ0) is 8.81. The van der Waals surface area contributed by atoms with Gasteiger partial charge in [0, 0.05) is 18.0 Å². The van der Waals surface area contributed by atoms with Gasteiger partial charge in [-0.05, 0) is 6.07 Å². The van der Waals surface area contributed by atoms with Crippen molar-refractivity contribution in [2.45, 2.75) is 0 Å². The molecule has 2 nitrogen and oxygen atoms in total. The van der Waals surface area contributed by atoms with Gasteiger partial charge in [0.25, 0.3) is 0 Å². The molecule has 0 atom stereocenters. The number of aromatic nitrogens is 1. The largest absolute Gasteiger partial charge is 0.298 e. The van der Waals surface area contributed by atoms with Crippen LogP contribution in [0, 0.1) is 11.8 Å². The van der Waals surface area contributed by atoms with Crippen molar-refractivity contribution < 1.29 is 4.79 Å². The zero-order valence-electron chi connectivity index (χ0n) is 6.32. The maximum Gasteiger partial charge on any atom is 0.151 e. The van der Waals surface area contributed by atoms with Crippen LogP contribution in [0.2, 0.25) is 0 Å². The Morgan fingerprint density at radius 2 is 2.50 bits per heavy atom. The lowest BCUT2D eigenvalue weighted by atomic mass is 10.2. The van der Waals surface area contributed by atoms with Crippen molar-refractivity contribution in [2.75, 3.05) is 5.75 Å². The molecule has 0 fully saturated rings. The lowest BCUT2D eigenvalue weighted by molar-refractivity contribution is 0.112. The molecule has 0 unspecified atom stereocenters. The van der Waals surface area contributed by atoms with Gasteiger partial charge >= 0.3 is 0 Å². The van der Waals surface area contributed by atoms with Crippen molar-refractivity contribution in [3.05, 3.63) is 29.6 Å². The molecule has 0 saturated carbocycles. The number of carbonyl (C=O) groups is 1. The van der Waals surface area contributed by atoms with Crippen LogP contribution >= 0.6 is 12.6 Å². The van der Waals surface area contributed by atoms with E-state index in [0.717, 1.165) is 6.29 Å². The van der Waals surface area contributed by atoms with Crippen LogP contribution in [0.4, 0.5) is 0 Å². The third-order valence-electron chi connectivity index (χ3n) is 1.28. The summed E-state index contributed by atoms with van der Waals surface area (Å²) in [5.41, 5.74) is 1.22. The number of nitrogens with zero attached hydrogens (tertiary/aromatic N) is 1. The Morgan fingerprint density at radius 1 is 1.67 bits per heavy atom. The average molecular weight is 177 g/mol. The first kappa shape index (κ1) is 8.82. The minimum absolute atomic E-state index is 0.479. The van der Waals surface area contributed by atoms with Gasteiger partial charge in [-0.2, -0.15) is 12.6 Å². The standard InChI is InChI=1S/C9H7NOS/c11-7-9-3-4-10-6-8(9)2-1-5-12/h3-4,6-7,12H,5H2. The highest BCUT2D eigenvalue weighted by Crippen LogP contribution is 2.00. The van der Waals surface area contributed by atoms with E-state index in [0.29, 0.717) is 16.9 Å². The molecular weight excluding hydrogens is 170 g/mol. The van der Waals surface area contributed by atoms with E-state index in [4.69, 9.17) is 0 Å². The normalized spacial score (nSPS) is 8.42. The summed E-state index contributed by atoms with van der Waals surface area (Å²) < 4.78 is 0. The number of hydrogen-bond acceptors (Lipinski definition) is 3. The molecule has 1 rings (SSSR count). The number of carbonyl (C=O) groups excluding carboxylic acids is 1. The van der Waals surface area contributed by atoms with Gasteiger partial charge in [0.05, 0.1) is 11.3 Å². The van der Waals surface area contributed by atoms with Gasteiger partial charge in [-0.3, -0.25) is 9.78 Å². The van der Waals surface area contributed by atoms with Crippen molar-refractivity contribution in [3.63, 3.8) is 0 Å². The van der Waals surface area contributed by atoms with Crippen molar-refractivity contribution in [1.29, 1.82) is 0 Å². The van der Waals surface area contributed by atoms with Gasteiger partial charge in [-0.1, -0.05) is 11.8 Å². The van der Waals surface area contributed by atoms with E-state index in [9.17, 15) is 4.79 Å². The molecule has 1 heterocycles. The van der Waals surface area contributed by atoms with E-state index in [1.165, 1.54) is 0 Å². The Hall–Kier alpha value is -1.27. The highest BCUT2D eigenvalue weighted by atomic mass is 32.1. The summed E-state index contributed by atoms with van der Waals surface area (Å²) in [5.74, 6) is 6.03. The van der Waals surface area contributed by atoms with Crippen LogP contribution in [0.25, 0.3) is 0 Å². The molecule has 0 spiro atoms. The monoisotopic (exact) mass is 177 g/mol. The number of aldehydes is 1. The Balaban J connectivity index is 3.05. The molecule has 0 bridgehead atoms. The average Bonchev–Trinajstić information content (AvgIpc) is 2.15. The fourth-order valence-electron chi connectivity index (χ4n) is 0.747. The SMILES string of the molecule is O=Cc1ccncc1C#CCS. The van der Waals surface area contributed by atoms with Gasteiger partial charge in [0.1, 0.15) is 0 Å². The first-order valence-corrected chi connectivity index (χ1v) is 4.00. The van der Waals surface area contributed by atoms with Gasteiger partial charge < -0.3 is 0 Å².